The van der Waals surface area contributed by atoms with E-state index in [-0.39, 0.29) is 30.3 Å². The molecule has 0 N–H and O–H groups in total. The van der Waals surface area contributed by atoms with Gasteiger partial charge in [-0.2, -0.15) is 0 Å². The lowest BCUT2D eigenvalue weighted by molar-refractivity contribution is -0.139. The molecule has 1 heterocycles. The number of benzene rings is 2. The molecule has 1 atom stereocenters. The Bertz CT molecular complexity index is 845. The summed E-state index contributed by atoms with van der Waals surface area (Å²) in [5.41, 5.74) is 1.91. The average Bonchev–Trinajstić information content (AvgIpc) is 3.04. The summed E-state index contributed by atoms with van der Waals surface area (Å²) in [6.45, 7) is 6.79. The van der Waals surface area contributed by atoms with Crippen molar-refractivity contribution >= 4 is 29.2 Å². The average molecular weight is 386 g/mol. The van der Waals surface area contributed by atoms with Gasteiger partial charge in [-0.15, -0.1) is 0 Å². The van der Waals surface area contributed by atoms with E-state index in [0.717, 1.165) is 6.42 Å². The standard InChI is InChI=1S/C22H24ClNO3/c1-4-22(2,3)16-9-11-17(12-10-16)27-21(26)15-13-20(25)24(14-15)19-8-6-5-7-18(19)23/h5-12,15H,4,13-14H2,1-3H3/t15-/m0/s1. The quantitative estimate of drug-likeness (QED) is 0.538. The lowest BCUT2D eigenvalue weighted by Crippen LogP contribution is -2.27. The van der Waals surface area contributed by atoms with Crippen LogP contribution in [0.3, 0.4) is 0 Å². The molecular weight excluding hydrogens is 362 g/mol. The fraction of sp³-hybridized carbons (Fsp3) is 0.364. The number of hydrogen-bond acceptors (Lipinski definition) is 3. The van der Waals surface area contributed by atoms with E-state index in [0.29, 0.717) is 16.5 Å². The second-order valence-electron chi connectivity index (χ2n) is 7.54. The molecule has 2 aromatic carbocycles. The topological polar surface area (TPSA) is 46.6 Å². The van der Waals surface area contributed by atoms with E-state index >= 15 is 0 Å². The molecule has 4 nitrogen and oxygen atoms in total. The predicted molar refractivity (Wildman–Crippen MR) is 107 cm³/mol. The first-order valence-electron chi connectivity index (χ1n) is 9.19. The molecule has 0 saturated carbocycles. The Hall–Kier alpha value is -2.33. The zero-order valence-corrected chi connectivity index (χ0v) is 16.6. The van der Waals surface area contributed by atoms with Crippen LogP contribution in [0, 0.1) is 5.92 Å². The highest BCUT2D eigenvalue weighted by Gasteiger charge is 2.37. The van der Waals surface area contributed by atoms with Crippen molar-refractivity contribution in [3.05, 3.63) is 59.1 Å². The maximum Gasteiger partial charge on any atom is 0.316 e. The smallest absolute Gasteiger partial charge is 0.316 e. The molecule has 2 aromatic rings. The summed E-state index contributed by atoms with van der Waals surface area (Å²) in [6.07, 6.45) is 1.15. The van der Waals surface area contributed by atoms with E-state index in [1.165, 1.54) is 5.56 Å². The van der Waals surface area contributed by atoms with Gasteiger partial charge in [0, 0.05) is 13.0 Å². The van der Waals surface area contributed by atoms with Crippen molar-refractivity contribution in [2.24, 2.45) is 5.92 Å². The van der Waals surface area contributed by atoms with Crippen LogP contribution >= 0.6 is 11.6 Å². The van der Waals surface area contributed by atoms with Crippen molar-refractivity contribution < 1.29 is 14.3 Å². The maximum atomic E-state index is 12.5. The fourth-order valence-corrected chi connectivity index (χ4v) is 3.38. The van der Waals surface area contributed by atoms with Crippen LogP contribution in [0.25, 0.3) is 0 Å². The Morgan fingerprint density at radius 3 is 2.48 bits per heavy atom. The van der Waals surface area contributed by atoms with Crippen LogP contribution in [0.5, 0.6) is 5.75 Å². The van der Waals surface area contributed by atoms with E-state index in [2.05, 4.69) is 20.8 Å². The number of carbonyl (C=O) groups excluding carboxylic acids is 2. The van der Waals surface area contributed by atoms with E-state index in [9.17, 15) is 9.59 Å². The third kappa shape index (κ3) is 4.16. The lowest BCUT2D eigenvalue weighted by atomic mass is 9.82. The molecule has 3 rings (SSSR count). The van der Waals surface area contributed by atoms with Crippen LogP contribution < -0.4 is 9.64 Å². The highest BCUT2D eigenvalue weighted by molar-refractivity contribution is 6.33. The monoisotopic (exact) mass is 385 g/mol. The number of halogens is 1. The molecule has 0 aromatic heterocycles. The number of rotatable bonds is 5. The Balaban J connectivity index is 1.67. The van der Waals surface area contributed by atoms with Crippen LogP contribution in [-0.4, -0.2) is 18.4 Å². The fourth-order valence-electron chi connectivity index (χ4n) is 3.15. The summed E-state index contributed by atoms with van der Waals surface area (Å²) in [5.74, 6) is -0.509. The third-order valence-corrected chi connectivity index (χ3v) is 5.66. The van der Waals surface area contributed by atoms with Gasteiger partial charge in [-0.3, -0.25) is 9.59 Å². The Labute approximate surface area is 165 Å². The van der Waals surface area contributed by atoms with E-state index < -0.39 is 5.92 Å². The van der Waals surface area contributed by atoms with Crippen LogP contribution in [0.15, 0.2) is 48.5 Å². The molecule has 1 aliphatic heterocycles. The maximum absolute atomic E-state index is 12.5. The zero-order valence-electron chi connectivity index (χ0n) is 15.9. The summed E-state index contributed by atoms with van der Waals surface area (Å²) in [5, 5.41) is 0.494. The molecule has 1 aliphatic rings. The number of amides is 1. The van der Waals surface area contributed by atoms with Crippen LogP contribution in [0.4, 0.5) is 5.69 Å². The van der Waals surface area contributed by atoms with Gasteiger partial charge in [0.1, 0.15) is 5.75 Å². The minimum absolute atomic E-state index is 0.0792. The minimum atomic E-state index is -0.500. The predicted octanol–water partition coefficient (Wildman–Crippen LogP) is 4.99. The third-order valence-electron chi connectivity index (χ3n) is 5.34. The number of nitrogens with zero attached hydrogens (tertiary/aromatic N) is 1. The normalized spacial score (nSPS) is 17.3. The van der Waals surface area contributed by atoms with Gasteiger partial charge >= 0.3 is 5.97 Å². The molecule has 1 amide bonds. The van der Waals surface area contributed by atoms with Crippen molar-refractivity contribution in [1.29, 1.82) is 0 Å². The van der Waals surface area contributed by atoms with E-state index in [1.54, 1.807) is 17.0 Å². The van der Waals surface area contributed by atoms with Crippen LogP contribution in [0.2, 0.25) is 5.02 Å². The number of para-hydroxylation sites is 1. The second kappa shape index (κ2) is 7.73. The molecule has 0 spiro atoms. The summed E-state index contributed by atoms with van der Waals surface area (Å²) in [7, 11) is 0. The molecule has 1 saturated heterocycles. The van der Waals surface area contributed by atoms with Gasteiger partial charge in [0.2, 0.25) is 5.91 Å². The second-order valence-corrected chi connectivity index (χ2v) is 7.95. The Morgan fingerprint density at radius 2 is 1.85 bits per heavy atom. The SMILES string of the molecule is CCC(C)(C)c1ccc(OC(=O)[C@H]2CC(=O)N(c3ccccc3Cl)C2)cc1. The van der Waals surface area contributed by atoms with Crippen molar-refractivity contribution in [3.63, 3.8) is 0 Å². The van der Waals surface area contributed by atoms with Crippen LogP contribution in [-0.2, 0) is 15.0 Å². The molecule has 142 valence electrons. The molecular formula is C22H24ClNO3. The molecule has 1 fully saturated rings. The zero-order chi connectivity index (χ0) is 19.6. The number of esters is 1. The summed E-state index contributed by atoms with van der Waals surface area (Å²) in [4.78, 5) is 26.4. The Morgan fingerprint density at radius 1 is 1.19 bits per heavy atom. The lowest BCUT2D eigenvalue weighted by Gasteiger charge is -2.23. The van der Waals surface area contributed by atoms with Gasteiger partial charge in [0.15, 0.2) is 0 Å². The number of hydrogen-bond donors (Lipinski definition) is 0. The van der Waals surface area contributed by atoms with Crippen molar-refractivity contribution in [3.8, 4) is 5.75 Å². The molecule has 0 aliphatic carbocycles. The highest BCUT2D eigenvalue weighted by Crippen LogP contribution is 2.32. The van der Waals surface area contributed by atoms with E-state index in [1.807, 2.05) is 36.4 Å². The minimum Gasteiger partial charge on any atom is -0.426 e. The van der Waals surface area contributed by atoms with Crippen LogP contribution in [0.1, 0.15) is 39.2 Å². The number of ether oxygens (including phenoxy) is 1. The van der Waals surface area contributed by atoms with Crippen molar-refractivity contribution in [1.82, 2.24) is 0 Å². The first-order valence-corrected chi connectivity index (χ1v) is 9.56. The van der Waals surface area contributed by atoms with Crippen molar-refractivity contribution in [2.75, 3.05) is 11.4 Å². The summed E-state index contributed by atoms with van der Waals surface area (Å²) < 4.78 is 5.51. The van der Waals surface area contributed by atoms with E-state index in [4.69, 9.17) is 16.3 Å². The highest BCUT2D eigenvalue weighted by atomic mass is 35.5. The van der Waals surface area contributed by atoms with Gasteiger partial charge in [-0.25, -0.2) is 0 Å². The molecule has 27 heavy (non-hydrogen) atoms. The molecule has 0 bridgehead atoms. The number of anilines is 1. The van der Waals surface area contributed by atoms with Gasteiger partial charge < -0.3 is 9.64 Å². The summed E-state index contributed by atoms with van der Waals surface area (Å²) >= 11 is 6.18. The van der Waals surface area contributed by atoms with Gasteiger partial charge in [0.25, 0.3) is 0 Å². The van der Waals surface area contributed by atoms with Gasteiger partial charge in [0.05, 0.1) is 16.6 Å². The largest absolute Gasteiger partial charge is 0.426 e. The van der Waals surface area contributed by atoms with Gasteiger partial charge in [-0.05, 0) is 41.7 Å². The molecule has 0 radical (unpaired) electrons. The van der Waals surface area contributed by atoms with Gasteiger partial charge in [-0.1, -0.05) is 56.6 Å². The molecule has 0 unspecified atom stereocenters. The summed E-state index contributed by atoms with van der Waals surface area (Å²) in [6, 6.07) is 14.7. The Kier molecular flexibility index (Phi) is 5.56. The molecule has 5 heteroatoms. The first kappa shape index (κ1) is 19.4. The van der Waals surface area contributed by atoms with Crippen molar-refractivity contribution in [2.45, 2.75) is 39.0 Å². The first-order chi connectivity index (χ1) is 12.8. The number of carbonyl (C=O) groups is 2.